The van der Waals surface area contributed by atoms with E-state index in [4.69, 9.17) is 18.9 Å². The average molecular weight is 571 g/mol. The van der Waals surface area contributed by atoms with Crippen LogP contribution in [-0.4, -0.2) is 36.9 Å². The van der Waals surface area contributed by atoms with Crippen molar-refractivity contribution in [1.82, 2.24) is 0 Å². The van der Waals surface area contributed by atoms with Gasteiger partial charge in [-0.3, -0.25) is 14.4 Å². The number of hydrogen-bond donors (Lipinski definition) is 1. The summed E-state index contributed by atoms with van der Waals surface area (Å²) in [6, 6.07) is 29.2. The van der Waals surface area contributed by atoms with Crippen molar-refractivity contribution in [2.24, 2.45) is 0 Å². The number of carbonyl (C=O) groups is 3. The van der Waals surface area contributed by atoms with Crippen LogP contribution in [0.4, 0.5) is 0 Å². The van der Waals surface area contributed by atoms with Gasteiger partial charge in [0.2, 0.25) is 0 Å². The van der Waals surface area contributed by atoms with Crippen LogP contribution in [0.3, 0.4) is 0 Å². The van der Waals surface area contributed by atoms with E-state index >= 15 is 0 Å². The van der Waals surface area contributed by atoms with Gasteiger partial charge in [0, 0.05) is 18.6 Å². The normalized spacial score (nSPS) is 10.0. The van der Waals surface area contributed by atoms with Crippen LogP contribution in [0.25, 0.3) is 0 Å². The SMILES string of the molecule is CCOC(=O)CCCOc1cc(OCc2ccccc2)ccc1C=O.O=Cc1ccc(OCc2ccccc2)cc1O. The van der Waals surface area contributed by atoms with Gasteiger partial charge < -0.3 is 24.1 Å². The highest BCUT2D eigenvalue weighted by atomic mass is 16.5. The molecule has 1 N–H and O–H groups in total. The highest BCUT2D eigenvalue weighted by molar-refractivity contribution is 5.80. The van der Waals surface area contributed by atoms with Crippen molar-refractivity contribution >= 4 is 18.5 Å². The molecule has 4 aromatic rings. The smallest absolute Gasteiger partial charge is 0.305 e. The van der Waals surface area contributed by atoms with Crippen LogP contribution in [-0.2, 0) is 22.7 Å². The number of aldehydes is 2. The first-order chi connectivity index (χ1) is 20.5. The molecule has 0 atom stereocenters. The fourth-order valence-electron chi connectivity index (χ4n) is 3.65. The first-order valence-corrected chi connectivity index (χ1v) is 13.5. The number of esters is 1. The van der Waals surface area contributed by atoms with Gasteiger partial charge in [0.15, 0.2) is 12.6 Å². The lowest BCUT2D eigenvalue weighted by molar-refractivity contribution is -0.143. The van der Waals surface area contributed by atoms with E-state index < -0.39 is 0 Å². The van der Waals surface area contributed by atoms with Crippen molar-refractivity contribution in [3.63, 3.8) is 0 Å². The van der Waals surface area contributed by atoms with E-state index in [9.17, 15) is 19.5 Å². The minimum atomic E-state index is -0.248. The third kappa shape index (κ3) is 10.8. The lowest BCUT2D eigenvalue weighted by atomic mass is 10.2. The van der Waals surface area contributed by atoms with Gasteiger partial charge in [-0.1, -0.05) is 60.7 Å². The fourth-order valence-corrected chi connectivity index (χ4v) is 3.65. The van der Waals surface area contributed by atoms with Gasteiger partial charge in [0.1, 0.15) is 36.2 Å². The van der Waals surface area contributed by atoms with Crippen LogP contribution in [0.2, 0.25) is 0 Å². The van der Waals surface area contributed by atoms with Gasteiger partial charge >= 0.3 is 5.97 Å². The summed E-state index contributed by atoms with van der Waals surface area (Å²) in [6.07, 6.45) is 2.15. The summed E-state index contributed by atoms with van der Waals surface area (Å²) in [5.74, 6) is 1.29. The van der Waals surface area contributed by atoms with Crippen LogP contribution >= 0.6 is 0 Å². The molecule has 0 fully saturated rings. The van der Waals surface area contributed by atoms with E-state index in [-0.39, 0.29) is 23.7 Å². The van der Waals surface area contributed by atoms with E-state index in [1.54, 1.807) is 31.2 Å². The van der Waals surface area contributed by atoms with Gasteiger partial charge in [-0.05, 0) is 48.7 Å². The molecule has 0 aromatic heterocycles. The molecule has 0 bridgehead atoms. The number of aromatic hydroxyl groups is 1. The number of hydrogen-bond acceptors (Lipinski definition) is 8. The fraction of sp³-hybridized carbons (Fsp3) is 0.206. The Labute approximate surface area is 245 Å². The maximum Gasteiger partial charge on any atom is 0.305 e. The predicted octanol–water partition coefficient (Wildman–Crippen LogP) is 6.58. The quantitative estimate of drug-likeness (QED) is 0.103. The highest BCUT2D eigenvalue weighted by Crippen LogP contribution is 2.25. The first-order valence-electron chi connectivity index (χ1n) is 13.5. The molecule has 218 valence electrons. The van der Waals surface area contributed by atoms with Crippen LogP contribution < -0.4 is 14.2 Å². The summed E-state index contributed by atoms with van der Waals surface area (Å²) in [7, 11) is 0. The van der Waals surface area contributed by atoms with Gasteiger partial charge in [-0.15, -0.1) is 0 Å². The molecule has 0 aliphatic heterocycles. The molecule has 0 heterocycles. The Hall–Kier alpha value is -5.11. The molecule has 8 heteroatoms. The Morgan fingerprint density at radius 3 is 1.79 bits per heavy atom. The van der Waals surface area contributed by atoms with Crippen LogP contribution in [0.1, 0.15) is 51.6 Å². The van der Waals surface area contributed by atoms with E-state index in [2.05, 4.69) is 0 Å². The summed E-state index contributed by atoms with van der Waals surface area (Å²) in [4.78, 5) is 33.0. The maximum atomic E-state index is 11.3. The predicted molar refractivity (Wildman–Crippen MR) is 158 cm³/mol. The molecule has 0 amide bonds. The van der Waals surface area contributed by atoms with Crippen LogP contribution in [0, 0.1) is 0 Å². The Bertz CT molecular complexity index is 1400. The molecule has 0 spiro atoms. The lowest BCUT2D eigenvalue weighted by Gasteiger charge is -2.11. The minimum absolute atomic E-state index is 0.0643. The molecular weight excluding hydrogens is 536 g/mol. The molecule has 4 rings (SSSR count). The second-order valence-corrected chi connectivity index (χ2v) is 8.96. The van der Waals surface area contributed by atoms with E-state index in [1.165, 1.54) is 12.1 Å². The molecule has 0 unspecified atom stereocenters. The maximum absolute atomic E-state index is 11.3. The molecule has 4 aromatic carbocycles. The standard InChI is InChI=1S/C20H22O5.C14H12O3/c1-2-23-20(22)9-6-12-24-19-13-18(11-10-17(19)14-21)25-15-16-7-4-3-5-8-16;15-9-12-6-7-13(8-14(12)16)17-10-11-4-2-1-3-5-11/h3-5,7-8,10-11,13-14H,2,6,9,12,15H2,1H3;1-9,16H,10H2. The Balaban J connectivity index is 0.000000247. The monoisotopic (exact) mass is 570 g/mol. The Morgan fingerprint density at radius 2 is 1.26 bits per heavy atom. The zero-order valence-electron chi connectivity index (χ0n) is 23.4. The third-order valence-corrected chi connectivity index (χ3v) is 5.83. The number of rotatable bonds is 14. The molecule has 0 aliphatic rings. The molecule has 42 heavy (non-hydrogen) atoms. The minimum Gasteiger partial charge on any atom is -0.507 e. The molecule has 8 nitrogen and oxygen atoms in total. The number of phenolic OH excluding ortho intramolecular Hbond substituents is 1. The molecule has 0 aliphatic carbocycles. The summed E-state index contributed by atoms with van der Waals surface area (Å²) in [5.41, 5.74) is 2.81. The number of benzene rings is 4. The van der Waals surface area contributed by atoms with Crippen molar-refractivity contribution in [3.8, 4) is 23.0 Å². The van der Waals surface area contributed by atoms with Crippen molar-refractivity contribution in [3.05, 3.63) is 119 Å². The summed E-state index contributed by atoms with van der Waals surface area (Å²) in [6.45, 7) is 3.33. The largest absolute Gasteiger partial charge is 0.507 e. The summed E-state index contributed by atoms with van der Waals surface area (Å²) in [5, 5.41) is 9.48. The summed E-state index contributed by atoms with van der Waals surface area (Å²) >= 11 is 0. The van der Waals surface area contributed by atoms with Crippen molar-refractivity contribution in [1.29, 1.82) is 0 Å². The highest BCUT2D eigenvalue weighted by Gasteiger charge is 2.08. The van der Waals surface area contributed by atoms with E-state index in [1.807, 2.05) is 60.7 Å². The molecule has 0 saturated heterocycles. The van der Waals surface area contributed by atoms with Crippen molar-refractivity contribution in [2.45, 2.75) is 33.0 Å². The van der Waals surface area contributed by atoms with Crippen molar-refractivity contribution in [2.75, 3.05) is 13.2 Å². The van der Waals surface area contributed by atoms with Crippen LogP contribution in [0.15, 0.2) is 97.1 Å². The zero-order chi connectivity index (χ0) is 30.0. The van der Waals surface area contributed by atoms with Crippen LogP contribution in [0.5, 0.6) is 23.0 Å². The second kappa shape index (κ2) is 17.6. The number of carbonyl (C=O) groups excluding carboxylic acids is 3. The molecule has 0 radical (unpaired) electrons. The first kappa shape index (κ1) is 31.4. The van der Waals surface area contributed by atoms with Gasteiger partial charge in [0.05, 0.1) is 24.3 Å². The lowest BCUT2D eigenvalue weighted by Crippen LogP contribution is -2.07. The summed E-state index contributed by atoms with van der Waals surface area (Å²) < 4.78 is 21.7. The average Bonchev–Trinajstić information content (AvgIpc) is 3.03. The van der Waals surface area contributed by atoms with Gasteiger partial charge in [0.25, 0.3) is 0 Å². The van der Waals surface area contributed by atoms with Crippen molar-refractivity contribution < 1.29 is 38.4 Å². The molecule has 0 saturated carbocycles. The second-order valence-electron chi connectivity index (χ2n) is 8.96. The molecular formula is C34H34O8. The van der Waals surface area contributed by atoms with E-state index in [0.717, 1.165) is 17.4 Å². The number of phenols is 1. The Morgan fingerprint density at radius 1 is 0.714 bits per heavy atom. The zero-order valence-corrected chi connectivity index (χ0v) is 23.4. The Kier molecular flexibility index (Phi) is 13.1. The van der Waals surface area contributed by atoms with E-state index in [0.29, 0.717) is 61.9 Å². The number of ether oxygens (including phenoxy) is 4. The van der Waals surface area contributed by atoms with Gasteiger partial charge in [-0.25, -0.2) is 0 Å². The van der Waals surface area contributed by atoms with Gasteiger partial charge in [-0.2, -0.15) is 0 Å². The topological polar surface area (TPSA) is 108 Å². The third-order valence-electron chi connectivity index (χ3n) is 5.83.